The molecule has 1 fully saturated rings. The first-order chi connectivity index (χ1) is 8.35. The summed E-state index contributed by atoms with van der Waals surface area (Å²) in [4.78, 5) is 2.42. The van der Waals surface area contributed by atoms with Gasteiger partial charge in [-0.2, -0.15) is 5.26 Å². The Labute approximate surface area is 103 Å². The van der Waals surface area contributed by atoms with Crippen molar-refractivity contribution < 1.29 is 0 Å². The van der Waals surface area contributed by atoms with Crippen LogP contribution in [0.2, 0.25) is 0 Å². The Hall–Kier alpha value is -1.37. The van der Waals surface area contributed by atoms with Crippen molar-refractivity contribution in [1.29, 1.82) is 5.26 Å². The third-order valence-electron chi connectivity index (χ3n) is 3.53. The largest absolute Gasteiger partial charge is 0.329 e. The number of benzene rings is 1. The van der Waals surface area contributed by atoms with Crippen molar-refractivity contribution in [2.24, 2.45) is 5.73 Å². The predicted molar refractivity (Wildman–Crippen MR) is 68.3 cm³/mol. The number of piperidine rings is 1. The summed E-state index contributed by atoms with van der Waals surface area (Å²) in [6.45, 7) is 2.67. The number of rotatable bonds is 3. The van der Waals surface area contributed by atoms with Crippen molar-refractivity contribution in [1.82, 2.24) is 4.90 Å². The Balaban J connectivity index is 2.11. The van der Waals surface area contributed by atoms with E-state index in [1.54, 1.807) is 0 Å². The van der Waals surface area contributed by atoms with Gasteiger partial charge in [-0.05, 0) is 31.0 Å². The van der Waals surface area contributed by atoms with Crippen molar-refractivity contribution in [3.05, 3.63) is 35.4 Å². The number of nitriles is 1. The van der Waals surface area contributed by atoms with Gasteiger partial charge in [0.25, 0.3) is 0 Å². The van der Waals surface area contributed by atoms with Gasteiger partial charge in [0.15, 0.2) is 0 Å². The molecule has 0 amide bonds. The molecule has 1 aliphatic heterocycles. The van der Waals surface area contributed by atoms with E-state index in [1.165, 1.54) is 19.3 Å². The van der Waals surface area contributed by atoms with Gasteiger partial charge in [0.05, 0.1) is 11.6 Å². The Kier molecular flexibility index (Phi) is 4.13. The van der Waals surface area contributed by atoms with Crippen molar-refractivity contribution in [3.63, 3.8) is 0 Å². The van der Waals surface area contributed by atoms with Crippen LogP contribution in [0.5, 0.6) is 0 Å². The monoisotopic (exact) mass is 229 g/mol. The number of nitrogens with two attached hydrogens (primary N) is 1. The topological polar surface area (TPSA) is 53.0 Å². The summed E-state index contributed by atoms with van der Waals surface area (Å²) in [5, 5.41) is 9.08. The maximum atomic E-state index is 9.08. The molecule has 0 aliphatic carbocycles. The van der Waals surface area contributed by atoms with Crippen LogP contribution in [0.15, 0.2) is 24.3 Å². The van der Waals surface area contributed by atoms with Gasteiger partial charge in [0, 0.05) is 19.1 Å². The van der Waals surface area contributed by atoms with Crippen LogP contribution in [0, 0.1) is 11.3 Å². The number of hydrogen-bond acceptors (Lipinski definition) is 3. The molecular weight excluding hydrogens is 210 g/mol. The van der Waals surface area contributed by atoms with Crippen LogP contribution >= 0.6 is 0 Å². The fourth-order valence-corrected chi connectivity index (χ4v) is 2.52. The minimum atomic E-state index is 0.482. The Morgan fingerprint density at radius 3 is 2.94 bits per heavy atom. The van der Waals surface area contributed by atoms with E-state index in [-0.39, 0.29) is 0 Å². The molecule has 3 nitrogen and oxygen atoms in total. The first kappa shape index (κ1) is 12.1. The first-order valence-electron chi connectivity index (χ1n) is 6.27. The molecule has 0 bridgehead atoms. The normalized spacial score (nSPS) is 21.1. The summed E-state index contributed by atoms with van der Waals surface area (Å²) < 4.78 is 0. The zero-order valence-electron chi connectivity index (χ0n) is 10.1. The van der Waals surface area contributed by atoms with Crippen LogP contribution in [0.3, 0.4) is 0 Å². The number of nitrogens with zero attached hydrogens (tertiary/aromatic N) is 2. The number of hydrogen-bond donors (Lipinski definition) is 1. The molecule has 0 saturated carbocycles. The Morgan fingerprint density at radius 1 is 1.35 bits per heavy atom. The van der Waals surface area contributed by atoms with Crippen molar-refractivity contribution >= 4 is 0 Å². The summed E-state index contributed by atoms with van der Waals surface area (Å²) in [7, 11) is 0. The van der Waals surface area contributed by atoms with Gasteiger partial charge < -0.3 is 5.73 Å². The van der Waals surface area contributed by atoms with Gasteiger partial charge in [-0.25, -0.2) is 0 Å². The van der Waals surface area contributed by atoms with Gasteiger partial charge in [0.1, 0.15) is 0 Å². The fourth-order valence-electron chi connectivity index (χ4n) is 2.52. The van der Waals surface area contributed by atoms with Crippen molar-refractivity contribution in [2.45, 2.75) is 31.8 Å². The Bertz CT molecular complexity index is 408. The summed E-state index contributed by atoms with van der Waals surface area (Å²) in [5.74, 6) is 0. The number of likely N-dealkylation sites (tertiary alicyclic amines) is 1. The molecule has 2 rings (SSSR count). The van der Waals surface area contributed by atoms with E-state index in [9.17, 15) is 0 Å². The van der Waals surface area contributed by atoms with Gasteiger partial charge in [0.2, 0.25) is 0 Å². The van der Waals surface area contributed by atoms with Crippen LogP contribution in [-0.4, -0.2) is 24.0 Å². The highest BCUT2D eigenvalue weighted by molar-refractivity contribution is 5.37. The highest BCUT2D eigenvalue weighted by Crippen LogP contribution is 2.20. The quantitative estimate of drug-likeness (QED) is 0.861. The molecule has 2 N–H and O–H groups in total. The molecule has 90 valence electrons. The lowest BCUT2D eigenvalue weighted by atomic mass is 10.00. The maximum Gasteiger partial charge on any atom is 0.0995 e. The molecule has 17 heavy (non-hydrogen) atoms. The lowest BCUT2D eigenvalue weighted by molar-refractivity contribution is 0.145. The molecule has 1 aliphatic rings. The highest BCUT2D eigenvalue weighted by Gasteiger charge is 2.21. The van der Waals surface area contributed by atoms with E-state index in [0.29, 0.717) is 12.6 Å². The van der Waals surface area contributed by atoms with Crippen LogP contribution < -0.4 is 5.73 Å². The zero-order chi connectivity index (χ0) is 12.1. The second-order valence-corrected chi connectivity index (χ2v) is 4.62. The summed E-state index contributed by atoms with van der Waals surface area (Å²) in [6, 6.07) is 10.6. The van der Waals surface area contributed by atoms with Crippen LogP contribution in [0.4, 0.5) is 0 Å². The molecular formula is C14H19N3. The minimum Gasteiger partial charge on any atom is -0.329 e. The second kappa shape index (κ2) is 5.81. The lowest BCUT2D eigenvalue weighted by Crippen LogP contribution is -2.43. The summed E-state index contributed by atoms with van der Waals surface area (Å²) in [5.41, 5.74) is 7.72. The lowest BCUT2D eigenvalue weighted by Gasteiger charge is -2.35. The van der Waals surface area contributed by atoms with Crippen molar-refractivity contribution in [3.8, 4) is 6.07 Å². The van der Waals surface area contributed by atoms with Gasteiger partial charge in [-0.3, -0.25) is 4.90 Å². The molecule has 1 aromatic carbocycles. The minimum absolute atomic E-state index is 0.482. The first-order valence-corrected chi connectivity index (χ1v) is 6.27. The second-order valence-electron chi connectivity index (χ2n) is 4.62. The average Bonchev–Trinajstić information content (AvgIpc) is 2.40. The third kappa shape index (κ3) is 2.85. The smallest absolute Gasteiger partial charge is 0.0995 e. The SMILES string of the molecule is N#Cc1ccccc1CN1CCCCC1CN. The van der Waals surface area contributed by atoms with Crippen LogP contribution in [0.1, 0.15) is 30.4 Å². The average molecular weight is 229 g/mol. The third-order valence-corrected chi connectivity index (χ3v) is 3.53. The Morgan fingerprint density at radius 2 is 2.18 bits per heavy atom. The van der Waals surface area contributed by atoms with E-state index < -0.39 is 0 Å². The molecule has 0 aromatic heterocycles. The van der Waals surface area contributed by atoms with E-state index in [0.717, 1.165) is 24.2 Å². The molecule has 3 heteroatoms. The van der Waals surface area contributed by atoms with E-state index in [2.05, 4.69) is 11.0 Å². The molecule has 1 aromatic rings. The predicted octanol–water partition coefficient (Wildman–Crippen LogP) is 1.87. The molecule has 1 unspecified atom stereocenters. The van der Waals surface area contributed by atoms with Gasteiger partial charge in [-0.15, -0.1) is 0 Å². The molecule has 1 saturated heterocycles. The summed E-state index contributed by atoms with van der Waals surface area (Å²) >= 11 is 0. The fraction of sp³-hybridized carbons (Fsp3) is 0.500. The molecule has 1 atom stereocenters. The van der Waals surface area contributed by atoms with E-state index in [1.807, 2.05) is 24.3 Å². The van der Waals surface area contributed by atoms with Gasteiger partial charge in [-0.1, -0.05) is 24.6 Å². The summed E-state index contributed by atoms with van der Waals surface area (Å²) in [6.07, 6.45) is 3.70. The van der Waals surface area contributed by atoms with Crippen LogP contribution in [0.25, 0.3) is 0 Å². The molecule has 1 heterocycles. The molecule has 0 radical (unpaired) electrons. The molecule has 0 spiro atoms. The maximum absolute atomic E-state index is 9.08. The highest BCUT2D eigenvalue weighted by atomic mass is 15.2. The standard InChI is InChI=1S/C14H19N3/c15-9-12-5-1-2-6-13(12)11-17-8-4-3-7-14(17)10-16/h1-2,5-6,14H,3-4,7-8,10-11,16H2. The van der Waals surface area contributed by atoms with E-state index >= 15 is 0 Å². The van der Waals surface area contributed by atoms with Crippen LogP contribution in [-0.2, 0) is 6.54 Å². The van der Waals surface area contributed by atoms with E-state index in [4.69, 9.17) is 11.0 Å². The van der Waals surface area contributed by atoms with Crippen molar-refractivity contribution in [2.75, 3.05) is 13.1 Å². The zero-order valence-corrected chi connectivity index (χ0v) is 10.1. The van der Waals surface area contributed by atoms with Gasteiger partial charge >= 0.3 is 0 Å².